The highest BCUT2D eigenvalue weighted by Crippen LogP contribution is 2.42. The Labute approximate surface area is 226 Å². The van der Waals surface area contributed by atoms with Crippen LogP contribution in [0.3, 0.4) is 0 Å². The minimum atomic E-state index is -2.13. The fourth-order valence-corrected chi connectivity index (χ4v) is 5.88. The summed E-state index contributed by atoms with van der Waals surface area (Å²) >= 11 is 0. The maximum atomic E-state index is 13.8. The van der Waals surface area contributed by atoms with Gasteiger partial charge in [-0.3, -0.25) is 9.59 Å². The zero-order valence-corrected chi connectivity index (χ0v) is 24.3. The summed E-state index contributed by atoms with van der Waals surface area (Å²) < 4.78 is 17.9. The van der Waals surface area contributed by atoms with E-state index in [4.69, 9.17) is 13.6 Å². The van der Waals surface area contributed by atoms with E-state index < -0.39 is 8.32 Å². The number of hydrogen-bond acceptors (Lipinski definition) is 5. The van der Waals surface area contributed by atoms with Crippen molar-refractivity contribution in [1.29, 1.82) is 0 Å². The van der Waals surface area contributed by atoms with Gasteiger partial charge in [0.2, 0.25) is 0 Å². The van der Waals surface area contributed by atoms with E-state index in [9.17, 15) is 9.59 Å². The van der Waals surface area contributed by atoms with Gasteiger partial charge >= 0.3 is 5.97 Å². The third-order valence-electron chi connectivity index (χ3n) is 7.74. The van der Waals surface area contributed by atoms with Gasteiger partial charge in [0.25, 0.3) is 0 Å². The molecule has 6 heteroatoms. The number of Topliss-reactive ketones (excluding diaryl/α,β-unsaturated/α-hetero) is 1. The highest BCUT2D eigenvalue weighted by Gasteiger charge is 2.39. The molecule has 4 aromatic rings. The second-order valence-electron chi connectivity index (χ2n) is 11.4. The van der Waals surface area contributed by atoms with E-state index in [1.807, 2.05) is 54.6 Å². The average molecular weight is 531 g/mol. The maximum absolute atomic E-state index is 13.8. The number of methoxy groups -OCH3 is 1. The quantitative estimate of drug-likeness (QED) is 0.117. The van der Waals surface area contributed by atoms with Crippen molar-refractivity contribution in [3.05, 3.63) is 83.4 Å². The Hall–Kier alpha value is -3.22. The molecule has 0 fully saturated rings. The van der Waals surface area contributed by atoms with Gasteiger partial charge in [-0.15, -0.1) is 0 Å². The van der Waals surface area contributed by atoms with E-state index >= 15 is 0 Å². The molecule has 38 heavy (non-hydrogen) atoms. The summed E-state index contributed by atoms with van der Waals surface area (Å²) in [5.74, 6) is -0.308. The summed E-state index contributed by atoms with van der Waals surface area (Å²) in [6.07, 6.45) is 1.25. The number of hydrogen-bond donors (Lipinski definition) is 0. The van der Waals surface area contributed by atoms with Crippen LogP contribution < -0.4 is 0 Å². The van der Waals surface area contributed by atoms with Gasteiger partial charge in [-0.25, -0.2) is 0 Å². The molecule has 1 heterocycles. The van der Waals surface area contributed by atoms with E-state index in [1.54, 1.807) is 0 Å². The monoisotopic (exact) mass is 530 g/mol. The highest BCUT2D eigenvalue weighted by atomic mass is 28.4. The molecule has 4 rings (SSSR count). The number of benzene rings is 3. The largest absolute Gasteiger partial charge is 0.469 e. The van der Waals surface area contributed by atoms with Crippen LogP contribution in [0.15, 0.2) is 71.1 Å². The number of carbonyl (C=O) groups is 2. The van der Waals surface area contributed by atoms with Crippen molar-refractivity contribution in [2.75, 3.05) is 7.11 Å². The van der Waals surface area contributed by atoms with Gasteiger partial charge in [-0.2, -0.15) is 0 Å². The fourth-order valence-electron chi connectivity index (χ4n) is 4.60. The van der Waals surface area contributed by atoms with Crippen molar-refractivity contribution in [3.8, 4) is 0 Å². The van der Waals surface area contributed by atoms with Crippen molar-refractivity contribution in [2.45, 2.75) is 70.7 Å². The predicted octanol–water partition coefficient (Wildman–Crippen LogP) is 8.42. The molecule has 1 atom stereocenters. The Bertz CT molecular complexity index is 1430. The second kappa shape index (κ2) is 11.3. The lowest BCUT2D eigenvalue weighted by atomic mass is 9.90. The second-order valence-corrected chi connectivity index (χ2v) is 16.2. The van der Waals surface area contributed by atoms with Crippen molar-refractivity contribution in [1.82, 2.24) is 0 Å². The molecule has 1 unspecified atom stereocenters. The molecular weight excluding hydrogens is 492 g/mol. The summed E-state index contributed by atoms with van der Waals surface area (Å²) in [6, 6.07) is 22.0. The van der Waals surface area contributed by atoms with Crippen LogP contribution in [-0.2, 0) is 20.4 Å². The van der Waals surface area contributed by atoms with Crippen molar-refractivity contribution in [2.24, 2.45) is 0 Å². The summed E-state index contributed by atoms with van der Waals surface area (Å²) in [6.45, 7) is 11.2. The summed E-state index contributed by atoms with van der Waals surface area (Å²) in [7, 11) is -0.758. The normalized spacial score (nSPS) is 13.1. The molecule has 200 valence electrons. The Balaban J connectivity index is 1.81. The first-order chi connectivity index (χ1) is 18.0. The van der Waals surface area contributed by atoms with Crippen LogP contribution in [-0.4, -0.2) is 27.2 Å². The van der Waals surface area contributed by atoms with Crippen LogP contribution in [0.4, 0.5) is 0 Å². The van der Waals surface area contributed by atoms with Gasteiger partial charge in [-0.05, 0) is 47.8 Å². The Morgan fingerprint density at radius 1 is 0.895 bits per heavy atom. The highest BCUT2D eigenvalue weighted by molar-refractivity contribution is 6.74. The molecule has 0 aliphatic heterocycles. The van der Waals surface area contributed by atoms with Crippen LogP contribution in [0.2, 0.25) is 18.1 Å². The fraction of sp³-hybridized carbons (Fsp3) is 0.375. The number of para-hydroxylation sites is 1. The van der Waals surface area contributed by atoms with Crippen LogP contribution >= 0.6 is 0 Å². The molecule has 0 aliphatic rings. The van der Waals surface area contributed by atoms with Gasteiger partial charge in [0.1, 0.15) is 11.2 Å². The summed E-state index contributed by atoms with van der Waals surface area (Å²) in [5.41, 5.74) is 4.13. The van der Waals surface area contributed by atoms with E-state index in [1.165, 1.54) is 7.11 Å². The molecular formula is C32H38O5Si. The smallest absolute Gasteiger partial charge is 0.305 e. The SMILES string of the molecule is COC(=O)CCCC(=O)c1c(CC(O[Si](C)(C)C(C)(C)C)c2ccccc2)ccc2oc3ccccc3c12. The van der Waals surface area contributed by atoms with Crippen LogP contribution in [0.1, 0.15) is 67.6 Å². The average Bonchev–Trinajstić information content (AvgIpc) is 3.26. The number of fused-ring (bicyclic) bond motifs is 3. The number of ketones is 1. The summed E-state index contributed by atoms with van der Waals surface area (Å²) in [5, 5.41) is 1.79. The van der Waals surface area contributed by atoms with E-state index in [0.29, 0.717) is 24.0 Å². The van der Waals surface area contributed by atoms with Gasteiger partial charge in [0.15, 0.2) is 14.1 Å². The minimum absolute atomic E-state index is 0.000180. The van der Waals surface area contributed by atoms with E-state index in [2.05, 4.69) is 46.0 Å². The van der Waals surface area contributed by atoms with Gasteiger partial charge < -0.3 is 13.6 Å². The standard InChI is InChI=1S/C32H38O5Si/c1-32(2,3)38(5,6)37-28(22-13-8-7-9-14-22)21-23-19-20-27-31(24-15-10-11-17-26(24)36-27)30(23)25(33)16-12-18-29(34)35-4/h7-11,13-15,17,19-20,28H,12,16,18,21H2,1-6H3. The van der Waals surface area contributed by atoms with E-state index in [-0.39, 0.29) is 35.7 Å². The van der Waals surface area contributed by atoms with E-state index in [0.717, 1.165) is 27.5 Å². The Morgan fingerprint density at radius 3 is 2.26 bits per heavy atom. The lowest BCUT2D eigenvalue weighted by Gasteiger charge is -2.39. The molecule has 0 bridgehead atoms. The number of rotatable bonds is 10. The topological polar surface area (TPSA) is 65.7 Å². The number of carbonyl (C=O) groups excluding carboxylic acids is 2. The predicted molar refractivity (Wildman–Crippen MR) is 155 cm³/mol. The first-order valence-electron chi connectivity index (χ1n) is 13.3. The minimum Gasteiger partial charge on any atom is -0.469 e. The van der Waals surface area contributed by atoms with Crippen LogP contribution in [0, 0.1) is 0 Å². The first kappa shape index (κ1) is 27.8. The molecule has 0 N–H and O–H groups in total. The third-order valence-corrected chi connectivity index (χ3v) is 12.2. The molecule has 0 spiro atoms. The molecule has 0 amide bonds. The molecule has 0 radical (unpaired) electrons. The molecule has 0 aliphatic carbocycles. The lowest BCUT2D eigenvalue weighted by Crippen LogP contribution is -2.42. The van der Waals surface area contributed by atoms with Gasteiger partial charge in [0, 0.05) is 35.6 Å². The van der Waals surface area contributed by atoms with Crippen molar-refractivity contribution >= 4 is 42.0 Å². The molecule has 0 saturated carbocycles. The summed E-state index contributed by atoms with van der Waals surface area (Å²) in [4.78, 5) is 25.5. The third kappa shape index (κ3) is 5.92. The number of esters is 1. The lowest BCUT2D eigenvalue weighted by molar-refractivity contribution is -0.140. The van der Waals surface area contributed by atoms with Gasteiger partial charge in [-0.1, -0.05) is 75.4 Å². The Kier molecular flexibility index (Phi) is 8.24. The maximum Gasteiger partial charge on any atom is 0.305 e. The zero-order chi connectivity index (χ0) is 27.5. The molecule has 3 aromatic carbocycles. The molecule has 1 aromatic heterocycles. The van der Waals surface area contributed by atoms with Crippen LogP contribution in [0.5, 0.6) is 0 Å². The number of ether oxygens (including phenoxy) is 1. The molecule has 0 saturated heterocycles. The number of furan rings is 1. The van der Waals surface area contributed by atoms with Crippen molar-refractivity contribution < 1.29 is 23.2 Å². The van der Waals surface area contributed by atoms with Gasteiger partial charge in [0.05, 0.1) is 13.2 Å². The Morgan fingerprint density at radius 2 is 1.58 bits per heavy atom. The van der Waals surface area contributed by atoms with Crippen molar-refractivity contribution in [3.63, 3.8) is 0 Å². The zero-order valence-electron chi connectivity index (χ0n) is 23.3. The molecule has 5 nitrogen and oxygen atoms in total. The van der Waals surface area contributed by atoms with Crippen LogP contribution in [0.25, 0.3) is 21.9 Å². The first-order valence-corrected chi connectivity index (χ1v) is 16.2.